The van der Waals surface area contributed by atoms with E-state index in [9.17, 15) is 9.90 Å². The maximum atomic E-state index is 12.9. The van der Waals surface area contributed by atoms with Crippen molar-refractivity contribution < 1.29 is 19.4 Å². The molecule has 0 aromatic heterocycles. The van der Waals surface area contributed by atoms with Crippen LogP contribution in [0.1, 0.15) is 36.8 Å². The molecule has 3 atom stereocenters. The Balaban J connectivity index is 1.84. The van der Waals surface area contributed by atoms with E-state index in [-0.39, 0.29) is 11.8 Å². The van der Waals surface area contributed by atoms with Crippen LogP contribution in [0.3, 0.4) is 0 Å². The number of nitrogens with zero attached hydrogens (tertiary/aromatic N) is 1. The summed E-state index contributed by atoms with van der Waals surface area (Å²) >= 11 is 0. The second-order valence-electron chi connectivity index (χ2n) is 7.73. The first-order chi connectivity index (χ1) is 12.5. The summed E-state index contributed by atoms with van der Waals surface area (Å²) in [6.45, 7) is 0. The molecule has 0 saturated carbocycles. The molecule has 4 aliphatic rings. The predicted octanol–water partition coefficient (Wildman–Crippen LogP) is 2.78. The highest BCUT2D eigenvalue weighted by Gasteiger charge is 2.63. The lowest BCUT2D eigenvalue weighted by Gasteiger charge is -2.56. The fourth-order valence-electron chi connectivity index (χ4n) is 5.66. The number of amides is 1. The number of aliphatic hydroxyl groups is 1. The first-order valence-corrected chi connectivity index (χ1v) is 9.26. The first kappa shape index (κ1) is 15.9. The van der Waals surface area contributed by atoms with E-state index in [2.05, 4.69) is 6.07 Å². The Kier molecular flexibility index (Phi) is 3.15. The number of anilines is 1. The molecule has 1 saturated heterocycles. The quantitative estimate of drug-likeness (QED) is 0.888. The first-order valence-electron chi connectivity index (χ1n) is 9.26. The molecule has 5 nitrogen and oxygen atoms in total. The van der Waals surface area contributed by atoms with Gasteiger partial charge in [0.2, 0.25) is 5.91 Å². The number of rotatable bonds is 2. The number of methoxy groups -OCH3 is 2. The molecule has 1 aromatic carbocycles. The Morgan fingerprint density at radius 3 is 2.73 bits per heavy atom. The summed E-state index contributed by atoms with van der Waals surface area (Å²) in [5.74, 6) is 1.12. The van der Waals surface area contributed by atoms with Crippen LogP contribution in [-0.4, -0.2) is 30.8 Å². The number of hydrogen-bond acceptors (Lipinski definition) is 4. The molecule has 3 unspecified atom stereocenters. The van der Waals surface area contributed by atoms with Crippen molar-refractivity contribution >= 4 is 11.6 Å². The average molecular weight is 353 g/mol. The molecule has 1 N–H and O–H groups in total. The monoisotopic (exact) mass is 353 g/mol. The third kappa shape index (κ3) is 1.72. The summed E-state index contributed by atoms with van der Waals surface area (Å²) in [5.41, 5.74) is 1.36. The number of benzene rings is 1. The highest BCUT2D eigenvalue weighted by atomic mass is 16.5. The van der Waals surface area contributed by atoms with Crippen molar-refractivity contribution in [3.8, 4) is 0 Å². The van der Waals surface area contributed by atoms with Gasteiger partial charge in [-0.3, -0.25) is 4.79 Å². The fraction of sp³-hybridized carbons (Fsp3) is 0.476. The van der Waals surface area contributed by atoms with Crippen molar-refractivity contribution in [3.05, 3.63) is 53.0 Å². The highest BCUT2D eigenvalue weighted by molar-refractivity contribution is 6.00. The molecule has 5 rings (SSSR count). The second-order valence-corrected chi connectivity index (χ2v) is 7.73. The molecule has 5 heteroatoms. The molecule has 1 aromatic rings. The lowest BCUT2D eigenvalue weighted by molar-refractivity contribution is -0.118. The minimum atomic E-state index is -0.995. The third-order valence-electron chi connectivity index (χ3n) is 6.65. The normalized spacial score (nSPS) is 34.3. The molecular formula is C21H23NO4. The highest BCUT2D eigenvalue weighted by Crippen LogP contribution is 2.60. The van der Waals surface area contributed by atoms with Crippen LogP contribution in [-0.2, 0) is 26.3 Å². The van der Waals surface area contributed by atoms with Gasteiger partial charge in [-0.1, -0.05) is 12.1 Å². The topological polar surface area (TPSA) is 59.0 Å². The van der Waals surface area contributed by atoms with Crippen molar-refractivity contribution in [2.45, 2.75) is 43.2 Å². The zero-order valence-electron chi connectivity index (χ0n) is 15.1. The summed E-state index contributed by atoms with van der Waals surface area (Å²) in [6.07, 6.45) is 7.69. The Labute approximate surface area is 152 Å². The summed E-state index contributed by atoms with van der Waals surface area (Å²) in [4.78, 5) is 14.8. The van der Waals surface area contributed by atoms with E-state index >= 15 is 0 Å². The summed E-state index contributed by atoms with van der Waals surface area (Å²) in [6, 6.07) is 6.06. The van der Waals surface area contributed by atoms with Gasteiger partial charge in [0.1, 0.15) is 5.60 Å². The van der Waals surface area contributed by atoms with Crippen LogP contribution in [0, 0.1) is 5.92 Å². The summed E-state index contributed by atoms with van der Waals surface area (Å²) in [7, 11) is 3.22. The van der Waals surface area contributed by atoms with E-state index in [0.29, 0.717) is 30.8 Å². The van der Waals surface area contributed by atoms with Crippen molar-refractivity contribution in [1.82, 2.24) is 0 Å². The maximum Gasteiger partial charge on any atom is 0.227 e. The van der Waals surface area contributed by atoms with Gasteiger partial charge in [-0.2, -0.15) is 0 Å². The van der Waals surface area contributed by atoms with E-state index in [0.717, 1.165) is 29.7 Å². The standard InChI is InChI=1S/C21H23NO4/c1-25-15-11-17-20(12-16(15)26-2)10-8-18(23)22(20)14-7-3-5-13-6-4-9-21(17,24)19(13)14/h3,5,7,11-12,17,24H,4,6,8-10H2,1-2H3. The predicted molar refractivity (Wildman–Crippen MR) is 96.4 cm³/mol. The van der Waals surface area contributed by atoms with Crippen LogP contribution in [0.15, 0.2) is 41.9 Å². The Bertz CT molecular complexity index is 873. The van der Waals surface area contributed by atoms with Gasteiger partial charge in [-0.15, -0.1) is 0 Å². The Morgan fingerprint density at radius 1 is 1.15 bits per heavy atom. The molecule has 1 amide bonds. The number of fused-ring (bicyclic) bond motifs is 2. The third-order valence-corrected chi connectivity index (χ3v) is 6.65. The molecule has 1 fully saturated rings. The van der Waals surface area contributed by atoms with Gasteiger partial charge in [0.05, 0.1) is 25.4 Å². The average Bonchev–Trinajstić information content (AvgIpc) is 2.97. The van der Waals surface area contributed by atoms with Gasteiger partial charge in [0.15, 0.2) is 11.5 Å². The maximum absolute atomic E-state index is 12.9. The molecule has 2 heterocycles. The molecule has 2 aliphatic carbocycles. The number of aryl methyl sites for hydroxylation is 1. The molecule has 136 valence electrons. The van der Waals surface area contributed by atoms with Crippen LogP contribution in [0.4, 0.5) is 5.69 Å². The number of carbonyl (C=O) groups is 1. The van der Waals surface area contributed by atoms with E-state index in [4.69, 9.17) is 9.47 Å². The van der Waals surface area contributed by atoms with Gasteiger partial charge in [0.25, 0.3) is 0 Å². The number of hydrogen-bond donors (Lipinski definition) is 1. The Hall–Kier alpha value is -2.27. The minimum absolute atomic E-state index is 0.108. The second kappa shape index (κ2) is 5.13. The van der Waals surface area contributed by atoms with Crippen molar-refractivity contribution in [2.75, 3.05) is 19.1 Å². The largest absolute Gasteiger partial charge is 0.493 e. The summed E-state index contributed by atoms with van der Waals surface area (Å²) < 4.78 is 11.1. The molecule has 0 radical (unpaired) electrons. The van der Waals surface area contributed by atoms with Gasteiger partial charge >= 0.3 is 0 Å². The Morgan fingerprint density at radius 2 is 1.96 bits per heavy atom. The van der Waals surface area contributed by atoms with Gasteiger partial charge in [0, 0.05) is 17.9 Å². The molecule has 1 spiro atoms. The van der Waals surface area contributed by atoms with Crippen molar-refractivity contribution in [3.63, 3.8) is 0 Å². The fourth-order valence-corrected chi connectivity index (χ4v) is 5.66. The minimum Gasteiger partial charge on any atom is -0.493 e. The van der Waals surface area contributed by atoms with Crippen LogP contribution in [0.2, 0.25) is 0 Å². The molecule has 2 aliphatic heterocycles. The zero-order valence-corrected chi connectivity index (χ0v) is 15.1. The van der Waals surface area contributed by atoms with Gasteiger partial charge in [-0.05, 0) is 49.5 Å². The SMILES string of the molecule is COC1=CC2C3(O)CCCc4cccc(c43)N3C(=O)CCC23C=C1OC. The smallest absolute Gasteiger partial charge is 0.227 e. The molecule has 0 bridgehead atoms. The lowest BCUT2D eigenvalue weighted by atomic mass is 9.59. The number of carbonyl (C=O) groups excluding carboxylic acids is 1. The van der Waals surface area contributed by atoms with Crippen LogP contribution in [0.25, 0.3) is 0 Å². The molecule has 26 heavy (non-hydrogen) atoms. The van der Waals surface area contributed by atoms with Crippen molar-refractivity contribution in [2.24, 2.45) is 5.92 Å². The van der Waals surface area contributed by atoms with E-state index in [1.54, 1.807) is 14.2 Å². The van der Waals surface area contributed by atoms with Crippen LogP contribution in [0.5, 0.6) is 0 Å². The lowest BCUT2D eigenvalue weighted by Crippen LogP contribution is -2.62. The van der Waals surface area contributed by atoms with E-state index in [1.165, 1.54) is 0 Å². The molecular weight excluding hydrogens is 330 g/mol. The zero-order chi connectivity index (χ0) is 18.1. The van der Waals surface area contributed by atoms with Gasteiger partial charge < -0.3 is 19.5 Å². The van der Waals surface area contributed by atoms with Crippen molar-refractivity contribution in [1.29, 1.82) is 0 Å². The van der Waals surface area contributed by atoms with Crippen LogP contribution < -0.4 is 4.90 Å². The van der Waals surface area contributed by atoms with E-state index < -0.39 is 11.1 Å². The number of ether oxygens (including phenoxy) is 2. The summed E-state index contributed by atoms with van der Waals surface area (Å²) in [5, 5.41) is 12.0. The van der Waals surface area contributed by atoms with Crippen LogP contribution >= 0.6 is 0 Å². The van der Waals surface area contributed by atoms with Gasteiger partial charge in [-0.25, -0.2) is 0 Å². The van der Waals surface area contributed by atoms with E-state index in [1.807, 2.05) is 29.2 Å².